The first-order chi connectivity index (χ1) is 9.54. The largest absolute Gasteiger partial charge is 0.491 e. The Labute approximate surface area is 121 Å². The Kier molecular flexibility index (Phi) is 4.80. The van der Waals surface area contributed by atoms with Crippen LogP contribution < -0.4 is 10.5 Å². The Bertz CT molecular complexity index is 546. The normalized spacial score (nSPS) is 12.4. The van der Waals surface area contributed by atoms with Crippen molar-refractivity contribution in [3.8, 4) is 5.75 Å². The summed E-state index contributed by atoms with van der Waals surface area (Å²) in [6.45, 7) is 6.15. The molecule has 0 aliphatic heterocycles. The molecule has 0 aliphatic carbocycles. The maximum atomic E-state index is 6.31. The third kappa shape index (κ3) is 4.10. The van der Waals surface area contributed by atoms with Crippen LogP contribution in [-0.4, -0.2) is 6.10 Å². The number of hydrogen-bond donors (Lipinski definition) is 1. The summed E-state index contributed by atoms with van der Waals surface area (Å²) in [7, 11) is 0. The average molecular weight is 269 g/mol. The first kappa shape index (κ1) is 14.6. The number of rotatable bonds is 5. The van der Waals surface area contributed by atoms with Gasteiger partial charge in [0, 0.05) is 6.04 Å². The maximum absolute atomic E-state index is 6.31. The van der Waals surface area contributed by atoms with Crippen molar-refractivity contribution in [2.75, 3.05) is 0 Å². The quantitative estimate of drug-likeness (QED) is 0.889. The smallest absolute Gasteiger partial charge is 0.120 e. The highest BCUT2D eigenvalue weighted by molar-refractivity contribution is 5.32. The highest BCUT2D eigenvalue weighted by Crippen LogP contribution is 2.21. The van der Waals surface area contributed by atoms with E-state index in [0.29, 0.717) is 0 Å². The molecule has 0 aromatic heterocycles. The molecule has 106 valence electrons. The molecule has 0 radical (unpaired) electrons. The van der Waals surface area contributed by atoms with Crippen LogP contribution in [0, 0.1) is 6.92 Å². The zero-order valence-corrected chi connectivity index (χ0v) is 12.5. The molecule has 0 spiro atoms. The Balaban J connectivity index is 2.08. The molecule has 20 heavy (non-hydrogen) atoms. The molecule has 2 N–H and O–H groups in total. The van der Waals surface area contributed by atoms with Crippen molar-refractivity contribution >= 4 is 0 Å². The molecule has 2 rings (SSSR count). The van der Waals surface area contributed by atoms with Gasteiger partial charge in [0.25, 0.3) is 0 Å². The van der Waals surface area contributed by atoms with Gasteiger partial charge in [-0.05, 0) is 50.5 Å². The van der Waals surface area contributed by atoms with Crippen LogP contribution in [0.3, 0.4) is 0 Å². The second kappa shape index (κ2) is 6.58. The van der Waals surface area contributed by atoms with E-state index in [1.165, 1.54) is 11.1 Å². The minimum Gasteiger partial charge on any atom is -0.491 e. The predicted molar refractivity (Wildman–Crippen MR) is 84.0 cm³/mol. The molecule has 0 bridgehead atoms. The number of benzene rings is 2. The molecule has 2 heteroatoms. The van der Waals surface area contributed by atoms with Gasteiger partial charge in [-0.3, -0.25) is 0 Å². The molecule has 1 unspecified atom stereocenters. The molecule has 2 aromatic rings. The van der Waals surface area contributed by atoms with E-state index in [1.54, 1.807) is 0 Å². The van der Waals surface area contributed by atoms with E-state index >= 15 is 0 Å². The van der Waals surface area contributed by atoms with Gasteiger partial charge < -0.3 is 10.5 Å². The van der Waals surface area contributed by atoms with E-state index in [9.17, 15) is 0 Å². The van der Waals surface area contributed by atoms with Gasteiger partial charge in [0.15, 0.2) is 0 Å². The third-order valence-corrected chi connectivity index (χ3v) is 3.23. The summed E-state index contributed by atoms with van der Waals surface area (Å²) in [5.41, 5.74) is 9.96. The van der Waals surface area contributed by atoms with Crippen LogP contribution in [0.25, 0.3) is 0 Å². The minimum atomic E-state index is -0.00609. The summed E-state index contributed by atoms with van der Waals surface area (Å²) in [6.07, 6.45) is 1.02. The van der Waals surface area contributed by atoms with Gasteiger partial charge in [-0.1, -0.05) is 42.0 Å². The molecule has 0 aliphatic rings. The number of aryl methyl sites for hydroxylation is 1. The van der Waals surface area contributed by atoms with Crippen molar-refractivity contribution in [1.29, 1.82) is 0 Å². The lowest BCUT2D eigenvalue weighted by Gasteiger charge is -2.15. The predicted octanol–water partition coefficient (Wildman–Crippen LogP) is 4.02. The monoisotopic (exact) mass is 269 g/mol. The third-order valence-electron chi connectivity index (χ3n) is 3.23. The topological polar surface area (TPSA) is 35.2 Å². The van der Waals surface area contributed by atoms with Gasteiger partial charge in [-0.15, -0.1) is 0 Å². The van der Waals surface area contributed by atoms with E-state index in [4.69, 9.17) is 10.5 Å². The van der Waals surface area contributed by atoms with Crippen molar-refractivity contribution in [1.82, 2.24) is 0 Å². The first-order valence-corrected chi connectivity index (χ1v) is 7.12. The second-order valence-corrected chi connectivity index (χ2v) is 5.54. The van der Waals surface area contributed by atoms with Crippen LogP contribution in [0.2, 0.25) is 0 Å². The van der Waals surface area contributed by atoms with Crippen molar-refractivity contribution < 1.29 is 4.74 Å². The van der Waals surface area contributed by atoms with Gasteiger partial charge in [0.1, 0.15) is 5.75 Å². The fourth-order valence-corrected chi connectivity index (χ4v) is 2.19. The summed E-state index contributed by atoms with van der Waals surface area (Å²) >= 11 is 0. The van der Waals surface area contributed by atoms with Crippen LogP contribution in [0.4, 0.5) is 0 Å². The highest BCUT2D eigenvalue weighted by atomic mass is 16.5. The molecule has 0 heterocycles. The van der Waals surface area contributed by atoms with E-state index in [-0.39, 0.29) is 12.1 Å². The SMILES string of the molecule is Cc1ccc(CC(N)c2cccc(OC(C)C)c2)cc1. The summed E-state index contributed by atoms with van der Waals surface area (Å²) in [5, 5.41) is 0. The zero-order valence-electron chi connectivity index (χ0n) is 12.5. The maximum Gasteiger partial charge on any atom is 0.120 e. The molecule has 2 aromatic carbocycles. The van der Waals surface area contributed by atoms with Gasteiger partial charge >= 0.3 is 0 Å². The zero-order chi connectivity index (χ0) is 14.5. The van der Waals surface area contributed by atoms with E-state index in [0.717, 1.165) is 17.7 Å². The Hall–Kier alpha value is -1.80. The average Bonchev–Trinajstić information content (AvgIpc) is 2.41. The van der Waals surface area contributed by atoms with Gasteiger partial charge in [0.05, 0.1) is 6.10 Å². The van der Waals surface area contributed by atoms with Crippen molar-refractivity contribution in [3.05, 3.63) is 65.2 Å². The molecule has 1 atom stereocenters. The van der Waals surface area contributed by atoms with Crippen LogP contribution in [0.15, 0.2) is 48.5 Å². The van der Waals surface area contributed by atoms with Crippen LogP contribution in [0.1, 0.15) is 36.6 Å². The number of ether oxygens (including phenoxy) is 1. The number of hydrogen-bond acceptors (Lipinski definition) is 2. The van der Waals surface area contributed by atoms with Gasteiger partial charge in [-0.25, -0.2) is 0 Å². The summed E-state index contributed by atoms with van der Waals surface area (Å²) in [6, 6.07) is 16.6. The van der Waals surface area contributed by atoms with E-state index in [2.05, 4.69) is 37.3 Å². The Morgan fingerprint density at radius 2 is 1.75 bits per heavy atom. The van der Waals surface area contributed by atoms with Crippen molar-refractivity contribution in [2.45, 2.75) is 39.3 Å². The molecule has 0 saturated heterocycles. The molecule has 0 saturated carbocycles. The van der Waals surface area contributed by atoms with Crippen LogP contribution in [0.5, 0.6) is 5.75 Å². The molecular weight excluding hydrogens is 246 g/mol. The molecule has 2 nitrogen and oxygen atoms in total. The lowest BCUT2D eigenvalue weighted by molar-refractivity contribution is 0.242. The standard InChI is InChI=1S/C18H23NO/c1-13(2)20-17-6-4-5-16(12-17)18(19)11-15-9-7-14(3)8-10-15/h4-10,12-13,18H,11,19H2,1-3H3. The highest BCUT2D eigenvalue weighted by Gasteiger charge is 2.08. The van der Waals surface area contributed by atoms with Gasteiger partial charge in [-0.2, -0.15) is 0 Å². The fourth-order valence-electron chi connectivity index (χ4n) is 2.19. The summed E-state index contributed by atoms with van der Waals surface area (Å²) < 4.78 is 5.72. The summed E-state index contributed by atoms with van der Waals surface area (Å²) in [4.78, 5) is 0. The lowest BCUT2D eigenvalue weighted by Crippen LogP contribution is -2.14. The van der Waals surface area contributed by atoms with Crippen molar-refractivity contribution in [2.24, 2.45) is 5.73 Å². The molecular formula is C18H23NO. The Morgan fingerprint density at radius 1 is 1.05 bits per heavy atom. The fraction of sp³-hybridized carbons (Fsp3) is 0.333. The lowest BCUT2D eigenvalue weighted by atomic mass is 9.99. The van der Waals surface area contributed by atoms with E-state index in [1.807, 2.05) is 32.0 Å². The Morgan fingerprint density at radius 3 is 2.40 bits per heavy atom. The van der Waals surface area contributed by atoms with Gasteiger partial charge in [0.2, 0.25) is 0 Å². The van der Waals surface area contributed by atoms with Crippen LogP contribution in [-0.2, 0) is 6.42 Å². The van der Waals surface area contributed by atoms with Crippen molar-refractivity contribution in [3.63, 3.8) is 0 Å². The molecule has 0 fully saturated rings. The van der Waals surface area contributed by atoms with E-state index < -0.39 is 0 Å². The minimum absolute atomic E-state index is 0.00609. The first-order valence-electron chi connectivity index (χ1n) is 7.12. The number of nitrogens with two attached hydrogens (primary N) is 1. The summed E-state index contributed by atoms with van der Waals surface area (Å²) in [5.74, 6) is 0.886. The molecule has 0 amide bonds. The second-order valence-electron chi connectivity index (χ2n) is 5.54. The van der Waals surface area contributed by atoms with Crippen LogP contribution >= 0.6 is 0 Å².